The van der Waals surface area contributed by atoms with Crippen molar-refractivity contribution in [2.75, 3.05) is 27.4 Å². The number of para-hydroxylation sites is 1. The normalized spacial score (nSPS) is 10.9. The third-order valence-electron chi connectivity index (χ3n) is 4.36. The minimum absolute atomic E-state index is 0.0840. The number of ether oxygens (including phenoxy) is 4. The largest absolute Gasteiger partial charge is 0.493 e. The number of esters is 1. The number of fused-ring (bicyclic) bond motifs is 1. The summed E-state index contributed by atoms with van der Waals surface area (Å²) in [5.41, 5.74) is 0.514. The number of benzene rings is 2. The maximum absolute atomic E-state index is 13.2. The zero-order chi connectivity index (χ0) is 22.5. The molecule has 164 valence electrons. The van der Waals surface area contributed by atoms with Gasteiger partial charge in [0.05, 0.1) is 30.7 Å². The van der Waals surface area contributed by atoms with E-state index in [0.717, 1.165) is 0 Å². The van der Waals surface area contributed by atoms with Gasteiger partial charge in [-0.1, -0.05) is 26.0 Å². The van der Waals surface area contributed by atoms with E-state index in [-0.39, 0.29) is 29.5 Å². The Hall–Kier alpha value is -3.00. The van der Waals surface area contributed by atoms with Crippen LogP contribution in [0.25, 0.3) is 22.3 Å². The molecular weight excluding hydrogens is 468 g/mol. The van der Waals surface area contributed by atoms with E-state index in [9.17, 15) is 9.59 Å². The Bertz CT molecular complexity index is 1150. The van der Waals surface area contributed by atoms with Crippen molar-refractivity contribution in [1.29, 1.82) is 0 Å². The molecule has 0 aliphatic rings. The van der Waals surface area contributed by atoms with Crippen molar-refractivity contribution in [3.05, 3.63) is 51.1 Å². The lowest BCUT2D eigenvalue weighted by Crippen LogP contribution is -2.20. The van der Waals surface area contributed by atoms with E-state index in [4.69, 9.17) is 23.4 Å². The Kier molecular flexibility index (Phi) is 7.22. The summed E-state index contributed by atoms with van der Waals surface area (Å²) < 4.78 is 28.1. The summed E-state index contributed by atoms with van der Waals surface area (Å²) in [6.45, 7) is 3.71. The fourth-order valence-electron chi connectivity index (χ4n) is 2.93. The Morgan fingerprint density at radius 3 is 2.52 bits per heavy atom. The van der Waals surface area contributed by atoms with Crippen LogP contribution in [0.1, 0.15) is 13.8 Å². The Morgan fingerprint density at radius 1 is 1.10 bits per heavy atom. The second kappa shape index (κ2) is 9.87. The predicted molar refractivity (Wildman–Crippen MR) is 120 cm³/mol. The van der Waals surface area contributed by atoms with Crippen molar-refractivity contribution in [2.24, 2.45) is 5.92 Å². The summed E-state index contributed by atoms with van der Waals surface area (Å²) in [6.07, 6.45) is 0. The van der Waals surface area contributed by atoms with Crippen LogP contribution >= 0.6 is 15.9 Å². The molecule has 0 atom stereocenters. The van der Waals surface area contributed by atoms with Gasteiger partial charge in [-0.2, -0.15) is 0 Å². The maximum atomic E-state index is 13.2. The summed E-state index contributed by atoms with van der Waals surface area (Å²) in [7, 11) is 3.03. The fraction of sp³-hybridized carbons (Fsp3) is 0.304. The smallest absolute Gasteiger partial charge is 0.344 e. The molecule has 0 radical (unpaired) electrons. The van der Waals surface area contributed by atoms with Crippen LogP contribution < -0.4 is 19.6 Å². The molecular formula is C23H23BrO7. The van der Waals surface area contributed by atoms with Gasteiger partial charge in [0.25, 0.3) is 0 Å². The first kappa shape index (κ1) is 22.7. The lowest BCUT2D eigenvalue weighted by atomic mass is 10.1. The molecule has 0 saturated carbocycles. The molecule has 0 unspecified atom stereocenters. The number of hydrogen-bond donors (Lipinski definition) is 0. The lowest BCUT2D eigenvalue weighted by Gasteiger charge is -2.15. The zero-order valence-electron chi connectivity index (χ0n) is 17.7. The SMILES string of the molecule is COc1cc(-c2oc3ccccc3c(=O)c2OCC(=O)OCC(C)C)cc(Br)c1OC. The third kappa shape index (κ3) is 5.02. The highest BCUT2D eigenvalue weighted by molar-refractivity contribution is 9.10. The Labute approximate surface area is 188 Å². The minimum Gasteiger partial charge on any atom is -0.493 e. The Balaban J connectivity index is 2.10. The van der Waals surface area contributed by atoms with E-state index in [1.807, 2.05) is 13.8 Å². The predicted octanol–water partition coefficient (Wildman–Crippen LogP) is 4.82. The van der Waals surface area contributed by atoms with Crippen molar-refractivity contribution in [2.45, 2.75) is 13.8 Å². The van der Waals surface area contributed by atoms with Crippen molar-refractivity contribution >= 4 is 32.9 Å². The highest BCUT2D eigenvalue weighted by atomic mass is 79.9. The summed E-state index contributed by atoms with van der Waals surface area (Å²) >= 11 is 3.45. The summed E-state index contributed by atoms with van der Waals surface area (Å²) in [5, 5.41) is 0.344. The average Bonchev–Trinajstić information content (AvgIpc) is 2.76. The highest BCUT2D eigenvalue weighted by Crippen LogP contribution is 2.41. The van der Waals surface area contributed by atoms with Crippen LogP contribution in [0.2, 0.25) is 0 Å². The molecule has 7 nitrogen and oxygen atoms in total. The van der Waals surface area contributed by atoms with Crippen LogP contribution in [0.5, 0.6) is 17.2 Å². The molecule has 0 bridgehead atoms. The van der Waals surface area contributed by atoms with Gasteiger partial charge in [0, 0.05) is 5.56 Å². The molecule has 8 heteroatoms. The lowest BCUT2D eigenvalue weighted by molar-refractivity contribution is -0.147. The van der Waals surface area contributed by atoms with E-state index >= 15 is 0 Å². The maximum Gasteiger partial charge on any atom is 0.344 e. The summed E-state index contributed by atoms with van der Waals surface area (Å²) in [6, 6.07) is 10.2. The van der Waals surface area contributed by atoms with Crippen LogP contribution in [0, 0.1) is 5.92 Å². The standard InChI is InChI=1S/C23H23BrO7/c1-13(2)11-29-19(25)12-30-23-20(26)15-7-5-6-8-17(15)31-21(23)14-9-16(24)22(28-4)18(10-14)27-3/h5-10,13H,11-12H2,1-4H3. The van der Waals surface area contributed by atoms with Gasteiger partial charge in [-0.15, -0.1) is 0 Å². The summed E-state index contributed by atoms with van der Waals surface area (Å²) in [4.78, 5) is 25.2. The van der Waals surface area contributed by atoms with E-state index in [2.05, 4.69) is 15.9 Å². The first-order valence-corrected chi connectivity index (χ1v) is 10.4. The molecule has 0 N–H and O–H groups in total. The molecule has 3 aromatic rings. The topological polar surface area (TPSA) is 84.2 Å². The van der Waals surface area contributed by atoms with Crippen LogP contribution in [-0.4, -0.2) is 33.4 Å². The molecule has 0 amide bonds. The first-order chi connectivity index (χ1) is 14.8. The third-order valence-corrected chi connectivity index (χ3v) is 4.95. The number of methoxy groups -OCH3 is 2. The molecule has 0 spiro atoms. The second-order valence-corrected chi connectivity index (χ2v) is 8.00. The molecule has 2 aromatic carbocycles. The van der Waals surface area contributed by atoms with Gasteiger partial charge in [0.15, 0.2) is 23.9 Å². The van der Waals surface area contributed by atoms with Gasteiger partial charge in [0.2, 0.25) is 11.2 Å². The molecule has 1 heterocycles. The van der Waals surface area contributed by atoms with Crippen molar-refractivity contribution < 1.29 is 28.2 Å². The number of carbonyl (C=O) groups excluding carboxylic acids is 1. The summed E-state index contributed by atoms with van der Waals surface area (Å²) in [5.74, 6) is 0.635. The molecule has 31 heavy (non-hydrogen) atoms. The van der Waals surface area contributed by atoms with Gasteiger partial charge >= 0.3 is 5.97 Å². The van der Waals surface area contributed by atoms with Crippen molar-refractivity contribution in [3.63, 3.8) is 0 Å². The van der Waals surface area contributed by atoms with Crippen molar-refractivity contribution in [1.82, 2.24) is 0 Å². The number of hydrogen-bond acceptors (Lipinski definition) is 7. The second-order valence-electron chi connectivity index (χ2n) is 7.14. The molecule has 0 saturated heterocycles. The average molecular weight is 491 g/mol. The van der Waals surface area contributed by atoms with E-state index in [1.54, 1.807) is 36.4 Å². The van der Waals surface area contributed by atoms with Crippen LogP contribution in [0.15, 0.2) is 50.1 Å². The van der Waals surface area contributed by atoms with E-state index < -0.39 is 12.6 Å². The van der Waals surface area contributed by atoms with Gasteiger partial charge in [-0.05, 0) is 46.1 Å². The van der Waals surface area contributed by atoms with Crippen LogP contribution in [0.3, 0.4) is 0 Å². The van der Waals surface area contributed by atoms with Gasteiger partial charge in [-0.25, -0.2) is 4.79 Å². The first-order valence-electron chi connectivity index (χ1n) is 9.61. The molecule has 0 fully saturated rings. The zero-order valence-corrected chi connectivity index (χ0v) is 19.3. The quantitative estimate of drug-likeness (QED) is 0.418. The molecule has 0 aliphatic heterocycles. The minimum atomic E-state index is -0.569. The monoisotopic (exact) mass is 490 g/mol. The number of halogens is 1. The van der Waals surface area contributed by atoms with E-state index in [1.165, 1.54) is 14.2 Å². The molecule has 1 aromatic heterocycles. The van der Waals surface area contributed by atoms with Crippen LogP contribution in [0.4, 0.5) is 0 Å². The molecule has 0 aliphatic carbocycles. The fourth-order valence-corrected chi connectivity index (χ4v) is 3.53. The highest BCUT2D eigenvalue weighted by Gasteiger charge is 2.22. The number of carbonyl (C=O) groups is 1. The van der Waals surface area contributed by atoms with Gasteiger partial charge in [-0.3, -0.25) is 4.79 Å². The van der Waals surface area contributed by atoms with Gasteiger partial charge in [0.1, 0.15) is 5.58 Å². The van der Waals surface area contributed by atoms with Crippen LogP contribution in [-0.2, 0) is 9.53 Å². The van der Waals surface area contributed by atoms with Crippen molar-refractivity contribution in [3.8, 4) is 28.6 Å². The van der Waals surface area contributed by atoms with E-state index in [0.29, 0.717) is 32.5 Å². The molecule has 3 rings (SSSR count). The Morgan fingerprint density at radius 2 is 1.84 bits per heavy atom. The number of rotatable bonds is 8. The van der Waals surface area contributed by atoms with Gasteiger partial charge < -0.3 is 23.4 Å².